The highest BCUT2D eigenvalue weighted by Crippen LogP contribution is 2.34. The topological polar surface area (TPSA) is 21.3 Å². The summed E-state index contributed by atoms with van der Waals surface area (Å²) < 4.78 is 32.8. The van der Waals surface area contributed by atoms with Crippen LogP contribution in [0.15, 0.2) is 18.2 Å². The minimum absolute atomic E-state index is 0.0606. The molecule has 96 valence electrons. The molecule has 1 rings (SSSR count). The molecule has 1 aromatic rings. The normalized spacial score (nSPS) is 11.6. The monoisotopic (exact) mass is 243 g/mol. The molecule has 0 unspecified atom stereocenters. The van der Waals surface area contributed by atoms with Crippen molar-refractivity contribution in [3.63, 3.8) is 0 Å². The van der Waals surface area contributed by atoms with E-state index in [1.807, 2.05) is 6.92 Å². The average molecular weight is 243 g/mol. The smallest absolute Gasteiger partial charge is 0.274 e. The van der Waals surface area contributed by atoms with Crippen LogP contribution >= 0.6 is 0 Å². The van der Waals surface area contributed by atoms with E-state index in [2.05, 4.69) is 5.32 Å². The Balaban J connectivity index is 2.98. The highest BCUT2D eigenvalue weighted by atomic mass is 19.3. The van der Waals surface area contributed by atoms with Gasteiger partial charge in [-0.1, -0.05) is 6.92 Å². The van der Waals surface area contributed by atoms with Crippen LogP contribution in [0, 0.1) is 0 Å². The van der Waals surface area contributed by atoms with E-state index in [1.54, 1.807) is 20.2 Å². The summed E-state index contributed by atoms with van der Waals surface area (Å²) in [7, 11) is 3.22. The predicted molar refractivity (Wildman–Crippen MR) is 64.8 cm³/mol. The van der Waals surface area contributed by atoms with Crippen LogP contribution in [0.1, 0.15) is 24.5 Å². The Labute approximate surface area is 101 Å². The van der Waals surface area contributed by atoms with Crippen molar-refractivity contribution in [3.05, 3.63) is 29.3 Å². The van der Waals surface area contributed by atoms with Crippen LogP contribution in [-0.2, 0) is 12.3 Å². The lowest BCUT2D eigenvalue weighted by Crippen LogP contribution is -2.21. The third-order valence-electron chi connectivity index (χ3n) is 2.77. The van der Waals surface area contributed by atoms with Gasteiger partial charge in [-0.25, -0.2) is 8.78 Å². The lowest BCUT2D eigenvalue weighted by Gasteiger charge is -2.18. The summed E-state index contributed by atoms with van der Waals surface area (Å²) in [5.41, 5.74) is 0.875. The fraction of sp³-hybridized carbons (Fsp3) is 0.538. The summed E-state index contributed by atoms with van der Waals surface area (Å²) >= 11 is 0. The second kappa shape index (κ2) is 5.96. The van der Waals surface area contributed by atoms with E-state index >= 15 is 0 Å². The molecule has 0 aliphatic rings. The van der Waals surface area contributed by atoms with E-state index in [4.69, 9.17) is 4.74 Å². The zero-order chi connectivity index (χ0) is 12.9. The summed E-state index contributed by atoms with van der Waals surface area (Å²) in [6.45, 7) is 2.22. The number of alkyl halides is 2. The number of nitrogens with one attached hydrogen (secondary N) is 1. The zero-order valence-electron chi connectivity index (χ0n) is 10.5. The molecule has 2 nitrogen and oxygen atoms in total. The van der Waals surface area contributed by atoms with Crippen molar-refractivity contribution in [2.45, 2.75) is 25.7 Å². The van der Waals surface area contributed by atoms with Crippen LogP contribution < -0.4 is 10.1 Å². The van der Waals surface area contributed by atoms with Crippen LogP contribution in [0.2, 0.25) is 0 Å². The van der Waals surface area contributed by atoms with Crippen LogP contribution in [-0.4, -0.2) is 20.7 Å². The Morgan fingerprint density at radius 1 is 1.35 bits per heavy atom. The number of halogens is 2. The summed E-state index contributed by atoms with van der Waals surface area (Å²) in [5, 5.41) is 2.74. The number of benzene rings is 1. The standard InChI is InChI=1S/C13H19F2NO/c1-4-10-9-11(5-6-12(10)17-3)13(14,15)7-8-16-2/h5-6,9,16H,4,7-8H2,1-3H3. The van der Waals surface area contributed by atoms with E-state index in [0.29, 0.717) is 18.7 Å². The maximum atomic E-state index is 13.8. The third-order valence-corrected chi connectivity index (χ3v) is 2.77. The minimum Gasteiger partial charge on any atom is -0.496 e. The molecule has 0 aliphatic heterocycles. The Kier molecular flexibility index (Phi) is 4.87. The summed E-state index contributed by atoms with van der Waals surface area (Å²) in [6, 6.07) is 4.59. The van der Waals surface area contributed by atoms with E-state index in [0.717, 1.165) is 5.56 Å². The number of aryl methyl sites for hydroxylation is 1. The molecule has 0 aliphatic carbocycles. The molecule has 1 N–H and O–H groups in total. The fourth-order valence-corrected chi connectivity index (χ4v) is 1.71. The highest BCUT2D eigenvalue weighted by Gasteiger charge is 2.31. The van der Waals surface area contributed by atoms with Gasteiger partial charge in [0.05, 0.1) is 7.11 Å². The maximum Gasteiger partial charge on any atom is 0.274 e. The van der Waals surface area contributed by atoms with Gasteiger partial charge in [0.1, 0.15) is 5.75 Å². The van der Waals surface area contributed by atoms with Gasteiger partial charge in [0, 0.05) is 18.5 Å². The van der Waals surface area contributed by atoms with Crippen molar-refractivity contribution >= 4 is 0 Å². The summed E-state index contributed by atoms with van der Waals surface area (Å²) in [6.07, 6.45) is 0.484. The first-order chi connectivity index (χ1) is 8.05. The van der Waals surface area contributed by atoms with Gasteiger partial charge in [-0.15, -0.1) is 0 Å². The lowest BCUT2D eigenvalue weighted by molar-refractivity contribution is -0.0124. The molecule has 0 amide bonds. The van der Waals surface area contributed by atoms with Gasteiger partial charge in [-0.3, -0.25) is 0 Å². The van der Waals surface area contributed by atoms with E-state index in [-0.39, 0.29) is 12.0 Å². The summed E-state index contributed by atoms with van der Waals surface area (Å²) in [5.74, 6) is -2.13. The Morgan fingerprint density at radius 3 is 2.59 bits per heavy atom. The first kappa shape index (κ1) is 13.9. The number of methoxy groups -OCH3 is 1. The number of hydrogen-bond donors (Lipinski definition) is 1. The maximum absolute atomic E-state index is 13.8. The second-order valence-corrected chi connectivity index (χ2v) is 3.94. The molecule has 0 saturated heterocycles. The molecule has 1 aromatic carbocycles. The van der Waals surface area contributed by atoms with E-state index in [1.165, 1.54) is 12.1 Å². The minimum atomic E-state index is -2.79. The van der Waals surface area contributed by atoms with Gasteiger partial charge >= 0.3 is 0 Å². The molecule has 0 bridgehead atoms. The van der Waals surface area contributed by atoms with Crippen molar-refractivity contribution < 1.29 is 13.5 Å². The number of hydrogen-bond acceptors (Lipinski definition) is 2. The quantitative estimate of drug-likeness (QED) is 0.829. The molecule has 17 heavy (non-hydrogen) atoms. The van der Waals surface area contributed by atoms with Gasteiger partial charge in [-0.2, -0.15) is 0 Å². The largest absolute Gasteiger partial charge is 0.496 e. The number of rotatable bonds is 6. The molecular formula is C13H19F2NO. The van der Waals surface area contributed by atoms with Crippen LogP contribution in [0.5, 0.6) is 5.75 Å². The van der Waals surface area contributed by atoms with Crippen molar-refractivity contribution in [1.82, 2.24) is 5.32 Å². The highest BCUT2D eigenvalue weighted by molar-refractivity contribution is 5.38. The first-order valence-corrected chi connectivity index (χ1v) is 5.75. The average Bonchev–Trinajstić information content (AvgIpc) is 2.35. The van der Waals surface area contributed by atoms with Gasteiger partial charge in [0.2, 0.25) is 0 Å². The van der Waals surface area contributed by atoms with Gasteiger partial charge in [-0.05, 0) is 37.2 Å². The molecule has 0 spiro atoms. The molecule has 0 atom stereocenters. The van der Waals surface area contributed by atoms with Crippen LogP contribution in [0.25, 0.3) is 0 Å². The molecule has 0 radical (unpaired) electrons. The number of ether oxygens (including phenoxy) is 1. The van der Waals surface area contributed by atoms with Gasteiger partial charge in [0.15, 0.2) is 0 Å². The van der Waals surface area contributed by atoms with Gasteiger partial charge < -0.3 is 10.1 Å². The Hall–Kier alpha value is -1.16. The van der Waals surface area contributed by atoms with E-state index in [9.17, 15) is 8.78 Å². The third kappa shape index (κ3) is 3.40. The van der Waals surface area contributed by atoms with Crippen molar-refractivity contribution in [3.8, 4) is 5.75 Å². The molecule has 0 fully saturated rings. The molecule has 0 saturated carbocycles. The zero-order valence-corrected chi connectivity index (χ0v) is 10.5. The Morgan fingerprint density at radius 2 is 2.06 bits per heavy atom. The first-order valence-electron chi connectivity index (χ1n) is 5.75. The molecular weight excluding hydrogens is 224 g/mol. The second-order valence-electron chi connectivity index (χ2n) is 3.94. The SMILES string of the molecule is CCc1cc(C(F)(F)CCNC)ccc1OC. The molecule has 0 heterocycles. The van der Waals surface area contributed by atoms with Crippen LogP contribution in [0.3, 0.4) is 0 Å². The Bertz CT molecular complexity index is 366. The predicted octanol–water partition coefficient (Wildman–Crippen LogP) is 2.96. The van der Waals surface area contributed by atoms with Crippen molar-refractivity contribution in [1.29, 1.82) is 0 Å². The van der Waals surface area contributed by atoms with Crippen LogP contribution in [0.4, 0.5) is 8.78 Å². The van der Waals surface area contributed by atoms with Crippen molar-refractivity contribution in [2.75, 3.05) is 20.7 Å². The molecule has 4 heteroatoms. The lowest BCUT2D eigenvalue weighted by atomic mass is 10.0. The van der Waals surface area contributed by atoms with Crippen molar-refractivity contribution in [2.24, 2.45) is 0 Å². The van der Waals surface area contributed by atoms with E-state index < -0.39 is 5.92 Å². The summed E-state index contributed by atoms with van der Waals surface area (Å²) in [4.78, 5) is 0. The van der Waals surface area contributed by atoms with Gasteiger partial charge in [0.25, 0.3) is 5.92 Å². The molecule has 0 aromatic heterocycles. The fourth-order valence-electron chi connectivity index (χ4n) is 1.71.